The van der Waals surface area contributed by atoms with E-state index >= 15 is 0 Å². The number of anilines is 2. The summed E-state index contributed by atoms with van der Waals surface area (Å²) in [5.41, 5.74) is 1.86. The number of ether oxygens (including phenoxy) is 1. The lowest BCUT2D eigenvalue weighted by Gasteiger charge is -2.34. The number of nitrogens with zero attached hydrogens (tertiary/aromatic N) is 2. The zero-order valence-corrected chi connectivity index (χ0v) is 21.3. The first-order valence-electron chi connectivity index (χ1n) is 11.9. The lowest BCUT2D eigenvalue weighted by Crippen LogP contribution is -2.49. The van der Waals surface area contributed by atoms with Crippen molar-refractivity contribution in [2.75, 3.05) is 36.1 Å². The van der Waals surface area contributed by atoms with Crippen molar-refractivity contribution in [3.63, 3.8) is 0 Å². The normalized spacial score (nSPS) is 19.1. The maximum absolute atomic E-state index is 12.8. The molecule has 1 unspecified atom stereocenters. The van der Waals surface area contributed by atoms with Crippen LogP contribution in [-0.2, 0) is 9.59 Å². The average Bonchev–Trinajstić information content (AvgIpc) is 2.86. The third-order valence-electron chi connectivity index (χ3n) is 6.58. The number of rotatable bonds is 6. The van der Waals surface area contributed by atoms with Gasteiger partial charge in [0.1, 0.15) is 17.9 Å². The van der Waals surface area contributed by atoms with Crippen LogP contribution in [0.2, 0.25) is 5.02 Å². The van der Waals surface area contributed by atoms with Gasteiger partial charge in [-0.3, -0.25) is 9.59 Å². The molecular weight excluding hydrogens is 470 g/mol. The SMILES string of the molecule is CSc1ccc(N2CCC(Oc3ccc(NC(=O)C4CCCCN4C(C)=O)cc3Cl)CC2)cc1. The monoisotopic (exact) mass is 501 g/mol. The second-order valence-electron chi connectivity index (χ2n) is 8.86. The van der Waals surface area contributed by atoms with Crippen LogP contribution in [0.25, 0.3) is 0 Å². The van der Waals surface area contributed by atoms with Crippen LogP contribution < -0.4 is 15.0 Å². The number of piperidine rings is 2. The standard InChI is InChI=1S/C26H32ClN3O3S/c1-18(31)30-14-4-3-5-24(30)26(32)28-19-6-11-25(23(27)17-19)33-21-12-15-29(16-13-21)20-7-9-22(34-2)10-8-20/h6-11,17,21,24H,3-5,12-16H2,1-2H3,(H,28,32). The van der Waals surface area contributed by atoms with Crippen LogP contribution in [0.3, 0.4) is 0 Å². The molecule has 2 aromatic carbocycles. The molecule has 182 valence electrons. The molecule has 2 amide bonds. The second kappa shape index (κ2) is 11.4. The van der Waals surface area contributed by atoms with Crippen molar-refractivity contribution in [2.24, 2.45) is 0 Å². The summed E-state index contributed by atoms with van der Waals surface area (Å²) in [5.74, 6) is 0.396. The van der Waals surface area contributed by atoms with Crippen LogP contribution >= 0.6 is 23.4 Å². The Morgan fingerprint density at radius 2 is 1.76 bits per heavy atom. The number of halogens is 1. The minimum Gasteiger partial charge on any atom is -0.489 e. The van der Waals surface area contributed by atoms with Gasteiger partial charge in [0, 0.05) is 55.7 Å². The molecule has 1 atom stereocenters. The largest absolute Gasteiger partial charge is 0.489 e. The number of carbonyl (C=O) groups excluding carboxylic acids is 2. The molecule has 0 bridgehead atoms. The van der Waals surface area contributed by atoms with Crippen LogP contribution in [0.1, 0.15) is 39.0 Å². The van der Waals surface area contributed by atoms with Gasteiger partial charge in [-0.05, 0) is 68.0 Å². The minimum atomic E-state index is -0.428. The molecular formula is C26H32ClN3O3S. The molecule has 6 nitrogen and oxygen atoms in total. The molecule has 2 heterocycles. The first-order valence-corrected chi connectivity index (χ1v) is 13.5. The lowest BCUT2D eigenvalue weighted by molar-refractivity contribution is -0.138. The van der Waals surface area contributed by atoms with E-state index in [1.807, 2.05) is 12.1 Å². The third-order valence-corrected chi connectivity index (χ3v) is 7.62. The molecule has 2 aliphatic rings. The predicted molar refractivity (Wildman–Crippen MR) is 139 cm³/mol. The van der Waals surface area contributed by atoms with E-state index in [0.29, 0.717) is 29.4 Å². The maximum atomic E-state index is 12.8. The predicted octanol–water partition coefficient (Wildman–Crippen LogP) is 5.45. The quantitative estimate of drug-likeness (QED) is 0.533. The van der Waals surface area contributed by atoms with Gasteiger partial charge in [-0.15, -0.1) is 11.8 Å². The molecule has 0 radical (unpaired) electrons. The summed E-state index contributed by atoms with van der Waals surface area (Å²) in [6.07, 6.45) is 6.58. The van der Waals surface area contributed by atoms with Gasteiger partial charge in [0.15, 0.2) is 0 Å². The van der Waals surface area contributed by atoms with E-state index in [1.54, 1.807) is 22.7 Å². The highest BCUT2D eigenvalue weighted by atomic mass is 35.5. The van der Waals surface area contributed by atoms with Crippen molar-refractivity contribution >= 4 is 46.6 Å². The van der Waals surface area contributed by atoms with Crippen LogP contribution in [0.4, 0.5) is 11.4 Å². The third kappa shape index (κ3) is 5.99. The fourth-order valence-corrected chi connectivity index (χ4v) is 5.32. The van der Waals surface area contributed by atoms with Crippen LogP contribution in [0.15, 0.2) is 47.4 Å². The number of thioether (sulfide) groups is 1. The zero-order valence-electron chi connectivity index (χ0n) is 19.8. The van der Waals surface area contributed by atoms with E-state index in [1.165, 1.54) is 17.5 Å². The summed E-state index contributed by atoms with van der Waals surface area (Å²) < 4.78 is 6.20. The molecule has 0 aliphatic carbocycles. The number of nitrogens with one attached hydrogen (secondary N) is 1. The topological polar surface area (TPSA) is 61.9 Å². The maximum Gasteiger partial charge on any atom is 0.247 e. The summed E-state index contributed by atoms with van der Waals surface area (Å²) in [5, 5.41) is 3.39. The van der Waals surface area contributed by atoms with E-state index < -0.39 is 6.04 Å². The number of amides is 2. The zero-order chi connectivity index (χ0) is 24.1. The summed E-state index contributed by atoms with van der Waals surface area (Å²) in [6.45, 7) is 4.01. The second-order valence-corrected chi connectivity index (χ2v) is 10.1. The average molecular weight is 502 g/mol. The smallest absolute Gasteiger partial charge is 0.247 e. The van der Waals surface area contributed by atoms with E-state index in [9.17, 15) is 9.59 Å². The molecule has 2 saturated heterocycles. The Kier molecular flexibility index (Phi) is 8.27. The Bertz CT molecular complexity index is 1010. The van der Waals surface area contributed by atoms with Gasteiger partial charge in [-0.1, -0.05) is 11.6 Å². The highest BCUT2D eigenvalue weighted by molar-refractivity contribution is 7.98. The van der Waals surface area contributed by atoms with Crippen LogP contribution in [-0.4, -0.2) is 54.8 Å². The number of likely N-dealkylation sites (tertiary alicyclic amines) is 1. The Hall–Kier alpha value is -2.38. The fraction of sp³-hybridized carbons (Fsp3) is 0.462. The van der Waals surface area contributed by atoms with E-state index in [0.717, 1.165) is 38.8 Å². The minimum absolute atomic E-state index is 0.0651. The van der Waals surface area contributed by atoms with Gasteiger partial charge in [0.05, 0.1) is 5.02 Å². The molecule has 0 spiro atoms. The van der Waals surface area contributed by atoms with Crippen molar-refractivity contribution in [3.05, 3.63) is 47.5 Å². The summed E-state index contributed by atoms with van der Waals surface area (Å²) in [7, 11) is 0. The molecule has 2 fully saturated rings. The van der Waals surface area contributed by atoms with Gasteiger partial charge in [0.25, 0.3) is 0 Å². The molecule has 34 heavy (non-hydrogen) atoms. The molecule has 4 rings (SSSR count). The molecule has 2 aliphatic heterocycles. The van der Waals surface area contributed by atoms with Crippen molar-refractivity contribution in [2.45, 2.75) is 56.1 Å². The highest BCUT2D eigenvalue weighted by Gasteiger charge is 2.30. The number of benzene rings is 2. The fourth-order valence-electron chi connectivity index (χ4n) is 4.69. The van der Waals surface area contributed by atoms with E-state index in [4.69, 9.17) is 16.3 Å². The first kappa shape index (κ1) is 24.7. The summed E-state index contributed by atoms with van der Waals surface area (Å²) >= 11 is 8.25. The Morgan fingerprint density at radius 3 is 2.41 bits per heavy atom. The Labute approximate surface area is 211 Å². The van der Waals surface area contributed by atoms with Gasteiger partial charge in [0.2, 0.25) is 11.8 Å². The van der Waals surface area contributed by atoms with Crippen molar-refractivity contribution in [1.82, 2.24) is 4.90 Å². The first-order chi connectivity index (χ1) is 16.4. The summed E-state index contributed by atoms with van der Waals surface area (Å²) in [4.78, 5) is 30.0. The number of hydrogen-bond acceptors (Lipinski definition) is 5. The van der Waals surface area contributed by atoms with E-state index in [2.05, 4.69) is 40.7 Å². The molecule has 8 heteroatoms. The molecule has 2 aromatic rings. The summed E-state index contributed by atoms with van der Waals surface area (Å²) in [6, 6.07) is 13.6. The van der Waals surface area contributed by atoms with E-state index in [-0.39, 0.29) is 17.9 Å². The van der Waals surface area contributed by atoms with Crippen molar-refractivity contribution in [1.29, 1.82) is 0 Å². The van der Waals surface area contributed by atoms with Crippen molar-refractivity contribution in [3.8, 4) is 5.75 Å². The Morgan fingerprint density at radius 1 is 1.03 bits per heavy atom. The molecule has 0 aromatic heterocycles. The van der Waals surface area contributed by atoms with Gasteiger partial charge >= 0.3 is 0 Å². The number of hydrogen-bond donors (Lipinski definition) is 1. The van der Waals surface area contributed by atoms with Gasteiger partial charge in [-0.2, -0.15) is 0 Å². The van der Waals surface area contributed by atoms with Crippen molar-refractivity contribution < 1.29 is 14.3 Å². The highest BCUT2D eigenvalue weighted by Crippen LogP contribution is 2.31. The van der Waals surface area contributed by atoms with Gasteiger partial charge < -0.3 is 19.9 Å². The van der Waals surface area contributed by atoms with Crippen LogP contribution in [0, 0.1) is 0 Å². The lowest BCUT2D eigenvalue weighted by atomic mass is 10.0. The molecule has 1 N–H and O–H groups in total. The molecule has 0 saturated carbocycles. The van der Waals surface area contributed by atoms with Crippen LogP contribution in [0.5, 0.6) is 5.75 Å². The Balaban J connectivity index is 1.31. The van der Waals surface area contributed by atoms with Gasteiger partial charge in [-0.25, -0.2) is 0 Å². The number of carbonyl (C=O) groups is 2.